The number of unbranched alkanes of at least 4 members (excludes halogenated alkanes) is 9. The Labute approximate surface area is 161 Å². The van der Waals surface area contributed by atoms with E-state index in [0.717, 1.165) is 12.8 Å². The molecule has 1 radical (unpaired) electrons. The number of rotatable bonds is 15. The number of nitrogens with one attached hydrogen (secondary N) is 2. The zero-order valence-corrected chi connectivity index (χ0v) is 16.4. The van der Waals surface area contributed by atoms with Crippen LogP contribution in [-0.4, -0.2) is 18.9 Å². The smallest absolute Gasteiger partial charge is 0.314 e. The quantitative estimate of drug-likeness (QED) is 0.243. The lowest BCUT2D eigenvalue weighted by atomic mass is 10.1. The molecular weight excluding hydrogens is 352 g/mol. The summed E-state index contributed by atoms with van der Waals surface area (Å²) in [6.07, 6.45) is 14.0. The molecule has 26 heavy (non-hydrogen) atoms. The summed E-state index contributed by atoms with van der Waals surface area (Å²) in [6, 6.07) is 4.79. The molecule has 0 aromatic heterocycles. The first kappa shape index (κ1) is 22.5. The molecule has 145 valence electrons. The Morgan fingerprint density at radius 2 is 1.65 bits per heavy atom. The van der Waals surface area contributed by atoms with E-state index in [1.165, 1.54) is 57.8 Å². The maximum atomic E-state index is 12.1. The Balaban J connectivity index is 2.09. The molecule has 6 heteroatoms. The van der Waals surface area contributed by atoms with Gasteiger partial charge in [-0.25, -0.2) is 5.48 Å². The molecule has 2 amide bonds. The topological polar surface area (TPSA) is 67.4 Å². The van der Waals surface area contributed by atoms with E-state index < -0.39 is 5.91 Å². The molecule has 0 aliphatic heterocycles. The number of hydroxylamine groups is 1. The number of halogens is 1. The Morgan fingerprint density at radius 1 is 1.04 bits per heavy atom. The predicted octanol–water partition coefficient (Wildman–Crippen LogP) is 5.40. The first-order valence-electron chi connectivity index (χ1n) is 9.54. The monoisotopic (exact) mass is 381 g/mol. The molecular formula is C20H30ClN2O3. The van der Waals surface area contributed by atoms with Crippen LogP contribution in [0.3, 0.4) is 0 Å². The van der Waals surface area contributed by atoms with Gasteiger partial charge in [0.2, 0.25) is 0 Å². The van der Waals surface area contributed by atoms with Crippen LogP contribution in [0.1, 0.15) is 81.5 Å². The summed E-state index contributed by atoms with van der Waals surface area (Å²) in [7, 11) is 0. The number of amides is 2. The van der Waals surface area contributed by atoms with Crippen LogP contribution >= 0.6 is 11.6 Å². The van der Waals surface area contributed by atoms with Gasteiger partial charge in [0.05, 0.1) is 22.9 Å². The summed E-state index contributed by atoms with van der Waals surface area (Å²) in [6.45, 7) is 2.71. The highest BCUT2D eigenvalue weighted by Crippen LogP contribution is 2.25. The van der Waals surface area contributed by atoms with E-state index in [-0.39, 0.29) is 10.6 Å². The molecule has 0 unspecified atom stereocenters. The van der Waals surface area contributed by atoms with E-state index in [4.69, 9.17) is 16.4 Å². The molecule has 1 aromatic rings. The van der Waals surface area contributed by atoms with Gasteiger partial charge in [-0.1, -0.05) is 82.4 Å². The van der Waals surface area contributed by atoms with Crippen molar-refractivity contribution in [2.75, 3.05) is 11.9 Å². The standard InChI is InChI=1S/C20H30ClN2O3/c1-2-3-4-5-6-7-8-9-10-11-15-26-23-20(25)17-13-12-14-18(19(17)21)22-16-24/h12-14H,2-11,15H2,1H3,(H,22,24)(H,23,25). The Kier molecular flexibility index (Phi) is 12.6. The van der Waals surface area contributed by atoms with Crippen molar-refractivity contribution < 1.29 is 14.4 Å². The van der Waals surface area contributed by atoms with Gasteiger partial charge in [-0.05, 0) is 18.6 Å². The van der Waals surface area contributed by atoms with Gasteiger partial charge in [-0.2, -0.15) is 0 Å². The summed E-state index contributed by atoms with van der Waals surface area (Å²) < 4.78 is 0. The van der Waals surface area contributed by atoms with Gasteiger partial charge in [0.1, 0.15) is 0 Å². The van der Waals surface area contributed by atoms with Gasteiger partial charge in [0.15, 0.2) is 0 Å². The Bertz CT molecular complexity index is 538. The lowest BCUT2D eigenvalue weighted by molar-refractivity contribution is 0.0297. The third kappa shape index (κ3) is 9.20. The predicted molar refractivity (Wildman–Crippen MR) is 106 cm³/mol. The fraction of sp³-hybridized carbons (Fsp3) is 0.600. The fourth-order valence-corrected chi connectivity index (χ4v) is 2.95. The molecule has 0 saturated carbocycles. The van der Waals surface area contributed by atoms with E-state index in [2.05, 4.69) is 17.7 Å². The van der Waals surface area contributed by atoms with Gasteiger partial charge in [-0.15, -0.1) is 0 Å². The van der Waals surface area contributed by atoms with Crippen molar-refractivity contribution in [3.63, 3.8) is 0 Å². The van der Waals surface area contributed by atoms with E-state index in [1.54, 1.807) is 18.2 Å². The molecule has 5 nitrogen and oxygen atoms in total. The summed E-state index contributed by atoms with van der Waals surface area (Å²) in [5.41, 5.74) is 2.97. The minimum Gasteiger partial charge on any atom is -0.316 e. The number of hydrogen-bond donors (Lipinski definition) is 2. The molecule has 1 rings (SSSR count). The molecule has 1 aromatic carbocycles. The van der Waals surface area contributed by atoms with Crippen LogP contribution in [0.5, 0.6) is 0 Å². The molecule has 0 aliphatic carbocycles. The average molecular weight is 382 g/mol. The minimum atomic E-state index is -0.434. The van der Waals surface area contributed by atoms with E-state index in [9.17, 15) is 9.59 Å². The van der Waals surface area contributed by atoms with Crippen LogP contribution in [0.15, 0.2) is 18.2 Å². The van der Waals surface area contributed by atoms with Gasteiger partial charge in [0.25, 0.3) is 5.91 Å². The van der Waals surface area contributed by atoms with Gasteiger partial charge in [-0.3, -0.25) is 14.4 Å². The van der Waals surface area contributed by atoms with Crippen molar-refractivity contribution in [2.24, 2.45) is 0 Å². The Morgan fingerprint density at radius 3 is 2.27 bits per heavy atom. The van der Waals surface area contributed by atoms with Crippen molar-refractivity contribution in [3.8, 4) is 0 Å². The summed E-state index contributed by atoms with van der Waals surface area (Å²) >= 11 is 6.08. The van der Waals surface area contributed by atoms with Gasteiger partial charge >= 0.3 is 6.41 Å². The average Bonchev–Trinajstić information content (AvgIpc) is 2.64. The van der Waals surface area contributed by atoms with Crippen molar-refractivity contribution in [1.29, 1.82) is 0 Å². The minimum absolute atomic E-state index is 0.163. The summed E-state index contributed by atoms with van der Waals surface area (Å²) in [5.74, 6) is -0.434. The molecule has 0 aliphatic rings. The molecule has 0 saturated heterocycles. The molecule has 0 spiro atoms. The van der Waals surface area contributed by atoms with Crippen LogP contribution in [0, 0.1) is 0 Å². The fourth-order valence-electron chi connectivity index (χ4n) is 2.69. The maximum Gasteiger partial charge on any atom is 0.314 e. The highest BCUT2D eigenvalue weighted by molar-refractivity contribution is 6.36. The molecule has 0 fully saturated rings. The number of carbonyl (C=O) groups excluding carboxylic acids is 2. The molecule has 2 N–H and O–H groups in total. The first-order chi connectivity index (χ1) is 12.7. The first-order valence-corrected chi connectivity index (χ1v) is 9.92. The second kappa shape index (κ2) is 14.6. The highest BCUT2D eigenvalue weighted by atomic mass is 35.5. The van der Waals surface area contributed by atoms with Crippen LogP contribution in [0.25, 0.3) is 0 Å². The third-order valence-electron chi connectivity index (χ3n) is 4.19. The Hall–Kier alpha value is -1.59. The molecule has 0 heterocycles. The lowest BCUT2D eigenvalue weighted by Gasteiger charge is -2.09. The zero-order chi connectivity index (χ0) is 19.0. The SMILES string of the molecule is CCCCCCCCCCCCONC(=O)c1cccc(N[C]=O)c1Cl. The number of hydrogen-bond acceptors (Lipinski definition) is 3. The number of anilines is 1. The van der Waals surface area contributed by atoms with Crippen molar-refractivity contribution in [3.05, 3.63) is 28.8 Å². The van der Waals surface area contributed by atoms with Crippen molar-refractivity contribution >= 4 is 29.6 Å². The zero-order valence-electron chi connectivity index (χ0n) is 15.6. The van der Waals surface area contributed by atoms with Gasteiger partial charge in [0, 0.05) is 0 Å². The highest BCUT2D eigenvalue weighted by Gasteiger charge is 2.13. The van der Waals surface area contributed by atoms with Crippen LogP contribution in [0.2, 0.25) is 5.02 Å². The number of carbonyl (C=O) groups is 1. The van der Waals surface area contributed by atoms with Crippen LogP contribution in [-0.2, 0) is 9.63 Å². The molecule has 0 atom stereocenters. The van der Waals surface area contributed by atoms with E-state index in [0.29, 0.717) is 12.3 Å². The lowest BCUT2D eigenvalue weighted by Crippen LogP contribution is -2.24. The van der Waals surface area contributed by atoms with Crippen LogP contribution in [0.4, 0.5) is 5.69 Å². The summed E-state index contributed by atoms with van der Waals surface area (Å²) in [5, 5.41) is 2.49. The third-order valence-corrected chi connectivity index (χ3v) is 4.60. The maximum absolute atomic E-state index is 12.1. The summed E-state index contributed by atoms with van der Waals surface area (Å²) in [4.78, 5) is 27.7. The largest absolute Gasteiger partial charge is 0.316 e. The molecule has 0 bridgehead atoms. The van der Waals surface area contributed by atoms with E-state index >= 15 is 0 Å². The van der Waals surface area contributed by atoms with E-state index in [1.807, 2.05) is 0 Å². The normalized spacial score (nSPS) is 10.5. The second-order valence-electron chi connectivity index (χ2n) is 6.36. The number of benzene rings is 1. The second-order valence-corrected chi connectivity index (χ2v) is 6.73. The van der Waals surface area contributed by atoms with Crippen molar-refractivity contribution in [2.45, 2.75) is 71.1 Å². The van der Waals surface area contributed by atoms with Gasteiger partial charge < -0.3 is 5.32 Å². The van der Waals surface area contributed by atoms with Crippen LogP contribution < -0.4 is 10.8 Å². The van der Waals surface area contributed by atoms with Crippen molar-refractivity contribution in [1.82, 2.24) is 5.48 Å².